The van der Waals surface area contributed by atoms with Gasteiger partial charge in [0.15, 0.2) is 0 Å². The summed E-state index contributed by atoms with van der Waals surface area (Å²) in [6.45, 7) is 5.36. The van der Waals surface area contributed by atoms with E-state index in [0.29, 0.717) is 6.61 Å². The van der Waals surface area contributed by atoms with Gasteiger partial charge in [-0.3, -0.25) is 4.79 Å². The molecule has 1 aromatic heterocycles. The lowest BCUT2D eigenvalue weighted by Crippen LogP contribution is -2.10. The van der Waals surface area contributed by atoms with E-state index in [-0.39, 0.29) is 23.2 Å². The van der Waals surface area contributed by atoms with Crippen LogP contribution in [0.25, 0.3) is 0 Å². The normalized spacial score (nSPS) is 20.8. The Morgan fingerprint density at radius 1 is 1.16 bits per heavy atom. The Labute approximate surface area is 165 Å². The van der Waals surface area contributed by atoms with Crippen LogP contribution in [0, 0.1) is 17.3 Å². The molecule has 3 rings (SSSR count). The Hall–Kier alpha value is -1.33. The first-order valence-electron chi connectivity index (χ1n) is 8.26. The lowest BCUT2D eigenvalue weighted by Gasteiger charge is -2.08. The molecule has 5 heteroatoms. The van der Waals surface area contributed by atoms with Crippen LogP contribution < -0.4 is 0 Å². The highest BCUT2D eigenvalue weighted by Crippen LogP contribution is 2.60. The van der Waals surface area contributed by atoms with Gasteiger partial charge in [0.1, 0.15) is 6.61 Å². The molecule has 0 aliphatic heterocycles. The van der Waals surface area contributed by atoms with Gasteiger partial charge >= 0.3 is 5.97 Å². The van der Waals surface area contributed by atoms with Crippen LogP contribution in [0.4, 0.5) is 0 Å². The molecule has 3 nitrogen and oxygen atoms in total. The van der Waals surface area contributed by atoms with Gasteiger partial charge in [0, 0.05) is 18.9 Å². The van der Waals surface area contributed by atoms with E-state index in [2.05, 4.69) is 62.4 Å². The van der Waals surface area contributed by atoms with E-state index in [9.17, 15) is 4.79 Å². The predicted octanol–water partition coefficient (Wildman–Crippen LogP) is 5.48. The van der Waals surface area contributed by atoms with Crippen molar-refractivity contribution >= 4 is 37.8 Å². The van der Waals surface area contributed by atoms with Crippen LogP contribution >= 0.6 is 31.9 Å². The largest absolute Gasteiger partial charge is 0.461 e. The molecule has 0 spiro atoms. The number of benzene rings is 1. The van der Waals surface area contributed by atoms with Gasteiger partial charge in [0.05, 0.1) is 9.31 Å². The van der Waals surface area contributed by atoms with Gasteiger partial charge in [-0.2, -0.15) is 0 Å². The molecular formula is C20H21Br2NO2. The minimum Gasteiger partial charge on any atom is -0.461 e. The second kappa shape index (κ2) is 7.50. The van der Waals surface area contributed by atoms with E-state index in [1.54, 1.807) is 0 Å². The van der Waals surface area contributed by atoms with Crippen LogP contribution in [0.3, 0.4) is 0 Å². The van der Waals surface area contributed by atoms with Crippen LogP contribution in [-0.4, -0.2) is 10.5 Å². The SMILES string of the molecule is CC1(C)C(C=C(Br)Br)C1C(=O)OCc1ccc(Cn2cccc2)cc1. The number of carbonyl (C=O) groups excluding carboxylic acids is 1. The third-order valence-electron chi connectivity index (χ3n) is 4.91. The Kier molecular flexibility index (Phi) is 5.54. The Balaban J connectivity index is 1.53. The zero-order chi connectivity index (χ0) is 18.0. The summed E-state index contributed by atoms with van der Waals surface area (Å²) in [5.41, 5.74) is 2.18. The number of halogens is 2. The topological polar surface area (TPSA) is 31.2 Å². The third-order valence-corrected chi connectivity index (χ3v) is 5.43. The third kappa shape index (κ3) is 4.45. The van der Waals surface area contributed by atoms with E-state index in [1.165, 1.54) is 5.56 Å². The highest BCUT2D eigenvalue weighted by molar-refractivity contribution is 9.28. The van der Waals surface area contributed by atoms with Crippen molar-refractivity contribution in [2.75, 3.05) is 0 Å². The first-order valence-corrected chi connectivity index (χ1v) is 9.84. The van der Waals surface area contributed by atoms with E-state index >= 15 is 0 Å². The summed E-state index contributed by atoms with van der Waals surface area (Å²) < 4.78 is 8.55. The van der Waals surface area contributed by atoms with Crippen molar-refractivity contribution in [1.29, 1.82) is 0 Å². The summed E-state index contributed by atoms with van der Waals surface area (Å²) >= 11 is 6.74. The zero-order valence-corrected chi connectivity index (χ0v) is 17.5. The standard InChI is InChI=1S/C20H21Br2NO2/c1-20(2)16(11-17(21)22)18(20)19(24)25-13-15-7-5-14(6-8-15)12-23-9-3-4-10-23/h3-11,16,18H,12-13H2,1-2H3. The maximum absolute atomic E-state index is 12.4. The van der Waals surface area contributed by atoms with Gasteiger partial charge < -0.3 is 9.30 Å². The number of hydrogen-bond acceptors (Lipinski definition) is 2. The molecule has 2 atom stereocenters. The monoisotopic (exact) mass is 465 g/mol. The maximum Gasteiger partial charge on any atom is 0.310 e. The number of aromatic nitrogens is 1. The van der Waals surface area contributed by atoms with Crippen molar-refractivity contribution in [3.05, 3.63) is 69.4 Å². The van der Waals surface area contributed by atoms with Crippen molar-refractivity contribution in [3.63, 3.8) is 0 Å². The number of hydrogen-bond donors (Lipinski definition) is 0. The molecule has 132 valence electrons. The average molecular weight is 467 g/mol. The number of ether oxygens (including phenoxy) is 1. The molecule has 0 amide bonds. The molecule has 0 bridgehead atoms. The Morgan fingerprint density at radius 3 is 2.36 bits per heavy atom. The van der Waals surface area contributed by atoms with Gasteiger partial charge in [-0.15, -0.1) is 0 Å². The Morgan fingerprint density at radius 2 is 1.76 bits per heavy atom. The molecule has 1 aliphatic rings. The fraction of sp³-hybridized carbons (Fsp3) is 0.350. The highest BCUT2D eigenvalue weighted by atomic mass is 79.9. The molecule has 0 radical (unpaired) electrons. The van der Waals surface area contributed by atoms with Gasteiger partial charge in [0.25, 0.3) is 0 Å². The summed E-state index contributed by atoms with van der Waals surface area (Å²) in [7, 11) is 0. The number of esters is 1. The van der Waals surface area contributed by atoms with E-state index in [4.69, 9.17) is 4.74 Å². The molecule has 2 unspecified atom stereocenters. The fourth-order valence-electron chi connectivity index (χ4n) is 3.25. The second-order valence-corrected chi connectivity index (χ2v) is 9.83. The van der Waals surface area contributed by atoms with Crippen LogP contribution in [0.1, 0.15) is 25.0 Å². The quantitative estimate of drug-likeness (QED) is 0.527. The zero-order valence-electron chi connectivity index (χ0n) is 14.3. The lowest BCUT2D eigenvalue weighted by molar-refractivity contribution is -0.147. The van der Waals surface area contributed by atoms with Crippen molar-refractivity contribution in [1.82, 2.24) is 4.57 Å². The van der Waals surface area contributed by atoms with Gasteiger partial charge in [-0.25, -0.2) is 0 Å². The average Bonchev–Trinajstić information content (AvgIpc) is 2.91. The summed E-state index contributed by atoms with van der Waals surface area (Å²) in [4.78, 5) is 12.4. The van der Waals surface area contributed by atoms with E-state index in [0.717, 1.165) is 15.5 Å². The smallest absolute Gasteiger partial charge is 0.310 e. The number of allylic oxidation sites excluding steroid dienone is 1. The first kappa shape index (κ1) is 18.5. The van der Waals surface area contributed by atoms with E-state index < -0.39 is 0 Å². The molecule has 1 aromatic carbocycles. The summed E-state index contributed by atoms with van der Waals surface area (Å²) in [6, 6.07) is 12.2. The van der Waals surface area contributed by atoms with Crippen LogP contribution in [-0.2, 0) is 22.7 Å². The predicted molar refractivity (Wildman–Crippen MR) is 106 cm³/mol. The number of rotatable bonds is 6. The van der Waals surface area contributed by atoms with Crippen LogP contribution in [0.2, 0.25) is 0 Å². The van der Waals surface area contributed by atoms with Gasteiger partial charge in [-0.05, 0) is 66.5 Å². The molecule has 1 fully saturated rings. The van der Waals surface area contributed by atoms with Gasteiger partial charge in [0.2, 0.25) is 0 Å². The lowest BCUT2D eigenvalue weighted by atomic mass is 10.1. The summed E-state index contributed by atoms with van der Waals surface area (Å²) in [5.74, 6) is 0.00669. The second-order valence-electron chi connectivity index (χ2n) is 7.06. The maximum atomic E-state index is 12.4. The molecule has 0 N–H and O–H groups in total. The Bertz CT molecular complexity index is 760. The fourth-order valence-corrected chi connectivity index (χ4v) is 3.82. The molecule has 1 saturated carbocycles. The highest BCUT2D eigenvalue weighted by Gasteiger charge is 2.61. The molecule has 25 heavy (non-hydrogen) atoms. The minimum atomic E-state index is -0.121. The minimum absolute atomic E-state index is 0.0511. The number of carbonyl (C=O) groups is 1. The molecule has 2 aromatic rings. The van der Waals surface area contributed by atoms with Crippen molar-refractivity contribution in [3.8, 4) is 0 Å². The molecule has 1 aliphatic carbocycles. The van der Waals surface area contributed by atoms with E-state index in [1.807, 2.05) is 42.7 Å². The van der Waals surface area contributed by atoms with Crippen molar-refractivity contribution < 1.29 is 9.53 Å². The summed E-state index contributed by atoms with van der Waals surface area (Å²) in [6.07, 6.45) is 6.12. The summed E-state index contributed by atoms with van der Waals surface area (Å²) in [5, 5.41) is 0. The molecular weight excluding hydrogens is 446 g/mol. The van der Waals surface area contributed by atoms with Crippen LogP contribution in [0.5, 0.6) is 0 Å². The number of nitrogens with zero attached hydrogens (tertiary/aromatic N) is 1. The van der Waals surface area contributed by atoms with Crippen molar-refractivity contribution in [2.24, 2.45) is 17.3 Å². The van der Waals surface area contributed by atoms with Gasteiger partial charge in [-0.1, -0.05) is 44.2 Å². The van der Waals surface area contributed by atoms with Crippen molar-refractivity contribution in [2.45, 2.75) is 27.0 Å². The molecule has 0 saturated heterocycles. The van der Waals surface area contributed by atoms with Crippen LogP contribution in [0.15, 0.2) is 58.3 Å². The molecule has 1 heterocycles. The first-order chi connectivity index (χ1) is 11.9.